The van der Waals surface area contributed by atoms with Gasteiger partial charge in [0.2, 0.25) is 0 Å². The van der Waals surface area contributed by atoms with Crippen molar-refractivity contribution >= 4 is 28.5 Å². The highest BCUT2D eigenvalue weighted by molar-refractivity contribution is 14.1. The van der Waals surface area contributed by atoms with Crippen LogP contribution in [0.5, 0.6) is 0 Å². The van der Waals surface area contributed by atoms with Crippen LogP contribution in [-0.4, -0.2) is 36.5 Å². The minimum atomic E-state index is 0.188. The Morgan fingerprint density at radius 3 is 2.62 bits per heavy atom. The fraction of sp³-hybridized carbons (Fsp3) is 0.588. The number of aryl methyl sites for hydroxylation is 1. The van der Waals surface area contributed by atoms with Crippen molar-refractivity contribution in [3.05, 3.63) is 32.9 Å². The lowest BCUT2D eigenvalue weighted by Crippen LogP contribution is -2.45. The van der Waals surface area contributed by atoms with Crippen LogP contribution in [0.4, 0.5) is 0 Å². The van der Waals surface area contributed by atoms with Gasteiger partial charge in [0.1, 0.15) is 0 Å². The molecule has 1 aromatic carbocycles. The minimum Gasteiger partial charge on any atom is -0.339 e. The molecule has 1 heterocycles. The van der Waals surface area contributed by atoms with Crippen LogP contribution < -0.4 is 5.32 Å². The van der Waals surface area contributed by atoms with Crippen LogP contribution >= 0.6 is 22.6 Å². The number of benzene rings is 1. The quantitative estimate of drug-likeness (QED) is 0.791. The SMILES string of the molecule is Cc1ccc(C(=O)N2CCC(NCC3CC3)CC2)cc1I. The van der Waals surface area contributed by atoms with Crippen LogP contribution in [0.2, 0.25) is 0 Å². The summed E-state index contributed by atoms with van der Waals surface area (Å²) in [4.78, 5) is 14.6. The van der Waals surface area contributed by atoms with Gasteiger partial charge < -0.3 is 10.2 Å². The number of amides is 1. The highest BCUT2D eigenvalue weighted by Gasteiger charge is 2.26. The standard InChI is InChI=1S/C17H23IN2O/c1-12-2-5-14(10-16(12)18)17(21)20-8-6-15(7-9-20)19-11-13-3-4-13/h2,5,10,13,15,19H,3-4,6-9,11H2,1H3. The molecule has 1 N–H and O–H groups in total. The first-order chi connectivity index (χ1) is 10.1. The Hall–Kier alpha value is -0.620. The topological polar surface area (TPSA) is 32.3 Å². The molecule has 0 aromatic heterocycles. The predicted octanol–water partition coefficient (Wildman–Crippen LogP) is 3.20. The van der Waals surface area contributed by atoms with Crippen molar-refractivity contribution in [2.24, 2.45) is 5.92 Å². The fourth-order valence-electron chi connectivity index (χ4n) is 2.85. The summed E-state index contributed by atoms with van der Waals surface area (Å²) in [6.45, 7) is 5.01. The van der Waals surface area contributed by atoms with Gasteiger partial charge in [0.15, 0.2) is 0 Å². The molecule has 1 saturated heterocycles. The zero-order chi connectivity index (χ0) is 14.8. The molecule has 1 saturated carbocycles. The lowest BCUT2D eigenvalue weighted by molar-refractivity contribution is 0.0705. The van der Waals surface area contributed by atoms with E-state index in [-0.39, 0.29) is 5.91 Å². The summed E-state index contributed by atoms with van der Waals surface area (Å²) in [5.74, 6) is 1.12. The Morgan fingerprint density at radius 1 is 1.29 bits per heavy atom. The molecule has 1 aromatic rings. The second-order valence-corrected chi connectivity index (χ2v) is 7.54. The monoisotopic (exact) mass is 398 g/mol. The number of likely N-dealkylation sites (tertiary alicyclic amines) is 1. The number of nitrogens with one attached hydrogen (secondary N) is 1. The number of piperidine rings is 1. The molecule has 3 rings (SSSR count). The zero-order valence-electron chi connectivity index (χ0n) is 12.6. The minimum absolute atomic E-state index is 0.188. The Labute approximate surface area is 140 Å². The predicted molar refractivity (Wildman–Crippen MR) is 93.5 cm³/mol. The van der Waals surface area contributed by atoms with E-state index in [9.17, 15) is 4.79 Å². The Balaban J connectivity index is 1.52. The fourth-order valence-corrected chi connectivity index (χ4v) is 3.37. The number of rotatable bonds is 4. The number of halogens is 1. The lowest BCUT2D eigenvalue weighted by Gasteiger charge is -2.32. The van der Waals surface area contributed by atoms with Crippen molar-refractivity contribution in [2.75, 3.05) is 19.6 Å². The molecule has 2 aliphatic rings. The Bertz CT molecular complexity index is 520. The first-order valence-electron chi connectivity index (χ1n) is 7.92. The molecular formula is C17H23IN2O. The summed E-state index contributed by atoms with van der Waals surface area (Å²) in [5, 5.41) is 3.66. The number of carbonyl (C=O) groups excluding carboxylic acids is 1. The number of carbonyl (C=O) groups is 1. The molecule has 0 bridgehead atoms. The van der Waals surface area contributed by atoms with Crippen molar-refractivity contribution in [3.63, 3.8) is 0 Å². The summed E-state index contributed by atoms with van der Waals surface area (Å²) >= 11 is 2.30. The van der Waals surface area contributed by atoms with E-state index >= 15 is 0 Å². The van der Waals surface area contributed by atoms with Crippen LogP contribution in [-0.2, 0) is 0 Å². The Kier molecular flexibility index (Phi) is 4.84. The maximum Gasteiger partial charge on any atom is 0.253 e. The largest absolute Gasteiger partial charge is 0.339 e. The molecular weight excluding hydrogens is 375 g/mol. The van der Waals surface area contributed by atoms with E-state index in [2.05, 4.69) is 34.8 Å². The van der Waals surface area contributed by atoms with Crippen molar-refractivity contribution in [1.82, 2.24) is 10.2 Å². The maximum absolute atomic E-state index is 12.5. The van der Waals surface area contributed by atoms with Gasteiger partial charge in [0.05, 0.1) is 0 Å². The van der Waals surface area contributed by atoms with Crippen LogP contribution in [0.3, 0.4) is 0 Å². The van der Waals surface area contributed by atoms with E-state index < -0.39 is 0 Å². The molecule has 1 aliphatic carbocycles. The average Bonchev–Trinajstić information content (AvgIpc) is 3.32. The third-order valence-corrected chi connectivity index (χ3v) is 5.76. The number of hydrogen-bond acceptors (Lipinski definition) is 2. The van der Waals surface area contributed by atoms with Gasteiger partial charge in [-0.1, -0.05) is 6.07 Å². The first kappa shape index (κ1) is 15.3. The molecule has 0 spiro atoms. The van der Waals surface area contributed by atoms with Gasteiger partial charge >= 0.3 is 0 Å². The normalized spacial score (nSPS) is 19.8. The third-order valence-electron chi connectivity index (χ3n) is 4.59. The maximum atomic E-state index is 12.5. The van der Waals surface area contributed by atoms with Crippen LogP contribution in [0, 0.1) is 16.4 Å². The van der Waals surface area contributed by atoms with Crippen LogP contribution in [0.25, 0.3) is 0 Å². The molecule has 1 aliphatic heterocycles. The first-order valence-corrected chi connectivity index (χ1v) is 9.00. The van der Waals surface area contributed by atoms with Crippen molar-refractivity contribution < 1.29 is 4.79 Å². The van der Waals surface area contributed by atoms with Crippen LogP contribution in [0.15, 0.2) is 18.2 Å². The van der Waals surface area contributed by atoms with E-state index in [1.54, 1.807) is 0 Å². The van der Waals surface area contributed by atoms with Gasteiger partial charge in [-0.25, -0.2) is 0 Å². The zero-order valence-corrected chi connectivity index (χ0v) is 14.7. The van der Waals surface area contributed by atoms with E-state index in [1.807, 2.05) is 23.1 Å². The molecule has 2 fully saturated rings. The summed E-state index contributed by atoms with van der Waals surface area (Å²) in [6.07, 6.45) is 4.97. The van der Waals surface area contributed by atoms with Gasteiger partial charge in [-0.05, 0) is 85.4 Å². The number of nitrogens with zero attached hydrogens (tertiary/aromatic N) is 1. The summed E-state index contributed by atoms with van der Waals surface area (Å²) in [6, 6.07) is 6.61. The lowest BCUT2D eigenvalue weighted by atomic mass is 10.0. The smallest absolute Gasteiger partial charge is 0.253 e. The third kappa shape index (κ3) is 3.97. The molecule has 3 nitrogen and oxygen atoms in total. The molecule has 4 heteroatoms. The molecule has 0 radical (unpaired) electrons. The van der Waals surface area contributed by atoms with Gasteiger partial charge in [-0.3, -0.25) is 4.79 Å². The second-order valence-electron chi connectivity index (χ2n) is 6.38. The van der Waals surface area contributed by atoms with E-state index in [0.29, 0.717) is 6.04 Å². The molecule has 0 atom stereocenters. The van der Waals surface area contributed by atoms with Gasteiger partial charge in [0.25, 0.3) is 5.91 Å². The van der Waals surface area contributed by atoms with Gasteiger partial charge in [-0.2, -0.15) is 0 Å². The second kappa shape index (κ2) is 6.65. The highest BCUT2D eigenvalue weighted by atomic mass is 127. The van der Waals surface area contributed by atoms with Crippen LogP contribution in [0.1, 0.15) is 41.6 Å². The highest BCUT2D eigenvalue weighted by Crippen LogP contribution is 2.28. The van der Waals surface area contributed by atoms with E-state index in [0.717, 1.165) is 37.4 Å². The van der Waals surface area contributed by atoms with Gasteiger partial charge in [0, 0.05) is 28.3 Å². The molecule has 0 unspecified atom stereocenters. The molecule has 114 valence electrons. The summed E-state index contributed by atoms with van der Waals surface area (Å²) in [5.41, 5.74) is 2.06. The Morgan fingerprint density at radius 2 is 2.00 bits per heavy atom. The van der Waals surface area contributed by atoms with Crippen molar-refractivity contribution in [3.8, 4) is 0 Å². The van der Waals surface area contributed by atoms with Gasteiger partial charge in [-0.15, -0.1) is 0 Å². The van der Waals surface area contributed by atoms with E-state index in [1.165, 1.54) is 28.5 Å². The van der Waals surface area contributed by atoms with Crippen molar-refractivity contribution in [2.45, 2.75) is 38.6 Å². The average molecular weight is 398 g/mol. The molecule has 21 heavy (non-hydrogen) atoms. The molecule has 1 amide bonds. The number of hydrogen-bond donors (Lipinski definition) is 1. The van der Waals surface area contributed by atoms with E-state index in [4.69, 9.17) is 0 Å². The van der Waals surface area contributed by atoms with Crippen molar-refractivity contribution in [1.29, 1.82) is 0 Å². The summed E-state index contributed by atoms with van der Waals surface area (Å²) in [7, 11) is 0. The summed E-state index contributed by atoms with van der Waals surface area (Å²) < 4.78 is 1.17.